The maximum atomic E-state index is 12.5. The maximum Gasteiger partial charge on any atom is 0.412 e. The number of anilines is 1. The van der Waals surface area contributed by atoms with E-state index < -0.39 is 17.6 Å². The maximum absolute atomic E-state index is 12.5. The molecule has 2 aromatic rings. The summed E-state index contributed by atoms with van der Waals surface area (Å²) < 4.78 is 6.52. The normalized spacial score (nSPS) is 13.0. The second-order valence-electron chi connectivity index (χ2n) is 5.82. The molecule has 0 radical (unpaired) electrons. The lowest BCUT2D eigenvalue weighted by atomic mass is 10.0. The smallest absolute Gasteiger partial charge is 0.412 e. The fourth-order valence-corrected chi connectivity index (χ4v) is 2.92. The molecule has 2 N–H and O–H groups in total. The summed E-state index contributed by atoms with van der Waals surface area (Å²) in [5.74, 6) is -1.12. The van der Waals surface area contributed by atoms with E-state index in [0.717, 1.165) is 18.4 Å². The van der Waals surface area contributed by atoms with Crippen molar-refractivity contribution in [1.82, 2.24) is 4.57 Å². The molecule has 7 nitrogen and oxygen atoms in total. The number of fused-ring (bicyclic) bond motifs is 1. The van der Waals surface area contributed by atoms with E-state index in [1.54, 1.807) is 0 Å². The number of hydrogen-bond acceptors (Lipinski definition) is 4. The number of aromatic carboxylic acids is 1. The van der Waals surface area contributed by atoms with Crippen LogP contribution in [-0.4, -0.2) is 21.7 Å². The summed E-state index contributed by atoms with van der Waals surface area (Å²) in [4.78, 5) is 35.9. The SMILES string of the molecule is O=C(Nc1cc(C(=O)O)c2n(c1=O)CCCC2)OCc1ccccc1. The molecule has 1 amide bonds. The topological polar surface area (TPSA) is 97.6 Å². The van der Waals surface area contributed by atoms with Gasteiger partial charge in [-0.3, -0.25) is 10.1 Å². The van der Waals surface area contributed by atoms with Crippen molar-refractivity contribution in [2.75, 3.05) is 5.32 Å². The van der Waals surface area contributed by atoms with Gasteiger partial charge in [0, 0.05) is 12.2 Å². The van der Waals surface area contributed by atoms with Gasteiger partial charge in [-0.25, -0.2) is 9.59 Å². The molecule has 1 aromatic carbocycles. The minimum Gasteiger partial charge on any atom is -0.478 e. The quantitative estimate of drug-likeness (QED) is 0.890. The van der Waals surface area contributed by atoms with Crippen molar-refractivity contribution in [2.45, 2.75) is 32.4 Å². The average Bonchev–Trinajstić information content (AvgIpc) is 2.63. The van der Waals surface area contributed by atoms with E-state index in [4.69, 9.17) is 4.74 Å². The van der Waals surface area contributed by atoms with Gasteiger partial charge < -0.3 is 14.4 Å². The monoisotopic (exact) mass is 342 g/mol. The van der Waals surface area contributed by atoms with Gasteiger partial charge in [0.15, 0.2) is 0 Å². The number of carbonyl (C=O) groups is 2. The van der Waals surface area contributed by atoms with E-state index in [-0.39, 0.29) is 17.9 Å². The van der Waals surface area contributed by atoms with Crippen LogP contribution in [-0.2, 0) is 24.3 Å². The molecule has 7 heteroatoms. The lowest BCUT2D eigenvalue weighted by Crippen LogP contribution is -2.32. The first-order valence-electron chi connectivity index (χ1n) is 8.04. The van der Waals surface area contributed by atoms with Crippen LogP contribution in [0.2, 0.25) is 0 Å². The van der Waals surface area contributed by atoms with Gasteiger partial charge in [0.05, 0.1) is 5.56 Å². The number of nitrogens with one attached hydrogen (secondary N) is 1. The Hall–Kier alpha value is -3.09. The standard InChI is InChI=1S/C18H18N2O5/c21-16-14(19-18(24)25-11-12-6-2-1-3-7-12)10-13(17(22)23)15-8-4-5-9-20(15)16/h1-3,6-7,10H,4-5,8-9,11H2,(H,19,24)(H,22,23). The number of hydrogen-bond donors (Lipinski definition) is 2. The third kappa shape index (κ3) is 3.71. The Morgan fingerprint density at radius 2 is 1.96 bits per heavy atom. The fraction of sp³-hybridized carbons (Fsp3) is 0.278. The molecule has 0 saturated heterocycles. The van der Waals surface area contributed by atoms with Gasteiger partial charge >= 0.3 is 12.1 Å². The Kier molecular flexibility index (Phi) is 4.83. The highest BCUT2D eigenvalue weighted by molar-refractivity contribution is 5.92. The number of amides is 1. The third-order valence-corrected chi connectivity index (χ3v) is 4.13. The minimum atomic E-state index is -1.12. The number of carboxylic acids is 1. The lowest BCUT2D eigenvalue weighted by Gasteiger charge is -2.21. The van der Waals surface area contributed by atoms with E-state index in [9.17, 15) is 19.5 Å². The molecule has 2 heterocycles. The van der Waals surface area contributed by atoms with Gasteiger partial charge in [-0.05, 0) is 30.9 Å². The Bertz CT molecular complexity index is 858. The van der Waals surface area contributed by atoms with Gasteiger partial charge in [-0.2, -0.15) is 0 Å². The van der Waals surface area contributed by atoms with Crippen LogP contribution >= 0.6 is 0 Å². The lowest BCUT2D eigenvalue weighted by molar-refractivity contribution is 0.0693. The highest BCUT2D eigenvalue weighted by Crippen LogP contribution is 2.19. The molecular formula is C18H18N2O5. The Balaban J connectivity index is 1.80. The second kappa shape index (κ2) is 7.21. The molecule has 1 aliphatic heterocycles. The minimum absolute atomic E-state index is 0.0395. The van der Waals surface area contributed by atoms with Crippen LogP contribution in [0.3, 0.4) is 0 Å². The summed E-state index contributed by atoms with van der Waals surface area (Å²) in [5, 5.41) is 11.8. The van der Waals surface area contributed by atoms with Crippen molar-refractivity contribution in [1.29, 1.82) is 0 Å². The molecule has 130 valence electrons. The van der Waals surface area contributed by atoms with Crippen LogP contribution in [0.25, 0.3) is 0 Å². The van der Waals surface area contributed by atoms with E-state index in [2.05, 4.69) is 5.32 Å². The summed E-state index contributed by atoms with van der Waals surface area (Å²) in [6.07, 6.45) is 1.38. The van der Waals surface area contributed by atoms with Crippen molar-refractivity contribution in [2.24, 2.45) is 0 Å². The van der Waals surface area contributed by atoms with Crippen molar-refractivity contribution in [3.8, 4) is 0 Å². The van der Waals surface area contributed by atoms with E-state index in [1.165, 1.54) is 10.6 Å². The zero-order chi connectivity index (χ0) is 17.8. The summed E-state index contributed by atoms with van der Waals surface area (Å²) in [5.41, 5.74) is 0.869. The van der Waals surface area contributed by atoms with Crippen molar-refractivity contribution in [3.05, 3.63) is 63.6 Å². The number of carbonyl (C=O) groups excluding carboxylic acids is 1. The van der Waals surface area contributed by atoms with Crippen LogP contribution in [0.5, 0.6) is 0 Å². The van der Waals surface area contributed by atoms with E-state index in [1.807, 2.05) is 30.3 Å². The molecule has 1 aliphatic rings. The van der Waals surface area contributed by atoms with Crippen LogP contribution < -0.4 is 10.9 Å². The molecule has 1 aromatic heterocycles. The number of ether oxygens (including phenoxy) is 1. The summed E-state index contributed by atoms with van der Waals surface area (Å²) in [6.45, 7) is 0.508. The average molecular weight is 342 g/mol. The number of carboxylic acid groups (broad SMARTS) is 1. The Morgan fingerprint density at radius 3 is 2.68 bits per heavy atom. The molecule has 0 unspecified atom stereocenters. The first-order chi connectivity index (χ1) is 12.1. The van der Waals surface area contributed by atoms with Gasteiger partial charge in [0.1, 0.15) is 12.3 Å². The number of benzene rings is 1. The molecule has 0 aliphatic carbocycles. The fourth-order valence-electron chi connectivity index (χ4n) is 2.92. The zero-order valence-electron chi connectivity index (χ0n) is 13.5. The van der Waals surface area contributed by atoms with Crippen LogP contribution in [0.1, 0.15) is 34.5 Å². The molecule has 0 saturated carbocycles. The van der Waals surface area contributed by atoms with Gasteiger partial charge in [0.25, 0.3) is 5.56 Å². The number of aromatic nitrogens is 1. The largest absolute Gasteiger partial charge is 0.478 e. The van der Waals surface area contributed by atoms with Crippen molar-refractivity contribution < 1.29 is 19.4 Å². The van der Waals surface area contributed by atoms with Crippen LogP contribution in [0.4, 0.5) is 10.5 Å². The predicted octanol–water partition coefficient (Wildman–Crippen LogP) is 2.63. The van der Waals surface area contributed by atoms with Crippen LogP contribution in [0.15, 0.2) is 41.2 Å². The van der Waals surface area contributed by atoms with Crippen molar-refractivity contribution >= 4 is 17.7 Å². The summed E-state index contributed by atoms with van der Waals surface area (Å²) in [7, 11) is 0. The first kappa shape index (κ1) is 16.8. The molecule has 0 fully saturated rings. The number of rotatable bonds is 4. The highest BCUT2D eigenvalue weighted by Gasteiger charge is 2.22. The zero-order valence-corrected chi connectivity index (χ0v) is 13.5. The van der Waals surface area contributed by atoms with Crippen molar-refractivity contribution in [3.63, 3.8) is 0 Å². The van der Waals surface area contributed by atoms with Crippen LogP contribution in [0, 0.1) is 0 Å². The van der Waals surface area contributed by atoms with E-state index >= 15 is 0 Å². The van der Waals surface area contributed by atoms with Gasteiger partial charge in [0.2, 0.25) is 0 Å². The third-order valence-electron chi connectivity index (χ3n) is 4.13. The first-order valence-corrected chi connectivity index (χ1v) is 8.04. The highest BCUT2D eigenvalue weighted by atomic mass is 16.5. The van der Waals surface area contributed by atoms with Gasteiger partial charge in [-0.1, -0.05) is 30.3 Å². The van der Waals surface area contributed by atoms with E-state index in [0.29, 0.717) is 18.7 Å². The summed E-state index contributed by atoms with van der Waals surface area (Å²) in [6, 6.07) is 10.3. The molecule has 0 atom stereocenters. The molecule has 25 heavy (non-hydrogen) atoms. The Morgan fingerprint density at radius 1 is 1.20 bits per heavy atom. The predicted molar refractivity (Wildman–Crippen MR) is 90.8 cm³/mol. The Labute approximate surface area is 143 Å². The second-order valence-corrected chi connectivity index (χ2v) is 5.82. The molecule has 0 bridgehead atoms. The number of pyridine rings is 1. The number of nitrogens with zero attached hydrogens (tertiary/aromatic N) is 1. The molecule has 0 spiro atoms. The molecular weight excluding hydrogens is 324 g/mol. The molecule has 3 rings (SSSR count). The summed E-state index contributed by atoms with van der Waals surface area (Å²) >= 11 is 0. The van der Waals surface area contributed by atoms with Gasteiger partial charge in [-0.15, -0.1) is 0 Å².